The maximum atomic E-state index is 6.89. The molecule has 40 heavy (non-hydrogen) atoms. The van der Waals surface area contributed by atoms with Crippen LogP contribution in [0.4, 0.5) is 5.69 Å². The molecule has 7 aromatic rings. The lowest BCUT2D eigenvalue weighted by atomic mass is 9.90. The van der Waals surface area contributed by atoms with Gasteiger partial charge in [0.25, 0.3) is 0 Å². The van der Waals surface area contributed by atoms with E-state index in [-0.39, 0.29) is 0 Å². The van der Waals surface area contributed by atoms with E-state index in [2.05, 4.69) is 152 Å². The fourth-order valence-electron chi connectivity index (χ4n) is 5.78. The van der Waals surface area contributed by atoms with Crippen LogP contribution in [0.1, 0.15) is 11.1 Å². The molecular weight excluding hydrogens is 482 g/mol. The third-order valence-electron chi connectivity index (χ3n) is 7.88. The second-order valence-corrected chi connectivity index (χ2v) is 10.4. The zero-order valence-electron chi connectivity index (χ0n) is 22.2. The average molecular weight is 512 g/mol. The summed E-state index contributed by atoms with van der Waals surface area (Å²) in [5, 5.41) is 4.97. The molecule has 0 amide bonds. The highest BCUT2D eigenvalue weighted by Gasteiger charge is 2.13. The fourth-order valence-corrected chi connectivity index (χ4v) is 5.78. The first-order valence-corrected chi connectivity index (χ1v) is 13.8. The summed E-state index contributed by atoms with van der Waals surface area (Å²) >= 11 is 0. The minimum atomic E-state index is 0.817. The third kappa shape index (κ3) is 4.52. The highest BCUT2D eigenvalue weighted by Crippen LogP contribution is 2.38. The number of benzene rings is 7. The summed E-state index contributed by atoms with van der Waals surface area (Å²) in [5.41, 5.74) is 17.2. The lowest BCUT2D eigenvalue weighted by Crippen LogP contribution is -1.98. The fraction of sp³-hybridized carbons (Fsp3) is 0.0256. The monoisotopic (exact) mass is 511 g/mol. The van der Waals surface area contributed by atoms with Gasteiger partial charge in [-0.25, -0.2) is 0 Å². The van der Waals surface area contributed by atoms with Gasteiger partial charge in [-0.05, 0) is 73.5 Å². The number of nitrogen functional groups attached to an aromatic ring is 1. The van der Waals surface area contributed by atoms with Crippen molar-refractivity contribution in [3.05, 3.63) is 163 Å². The number of fused-ring (bicyclic) bond motifs is 2. The largest absolute Gasteiger partial charge is 0.398 e. The summed E-state index contributed by atoms with van der Waals surface area (Å²) in [6.07, 6.45) is 0.839. The van der Waals surface area contributed by atoms with Gasteiger partial charge in [-0.1, -0.05) is 140 Å². The second kappa shape index (κ2) is 10.2. The van der Waals surface area contributed by atoms with E-state index in [1.807, 2.05) is 0 Å². The van der Waals surface area contributed by atoms with Crippen molar-refractivity contribution in [2.45, 2.75) is 6.42 Å². The van der Waals surface area contributed by atoms with E-state index in [9.17, 15) is 0 Å². The number of hydrogen-bond acceptors (Lipinski definition) is 1. The van der Waals surface area contributed by atoms with Gasteiger partial charge in [0.2, 0.25) is 0 Å². The van der Waals surface area contributed by atoms with Crippen molar-refractivity contribution in [2.75, 3.05) is 5.73 Å². The molecule has 190 valence electrons. The van der Waals surface area contributed by atoms with Crippen LogP contribution in [-0.4, -0.2) is 0 Å². The van der Waals surface area contributed by atoms with Crippen LogP contribution in [0, 0.1) is 0 Å². The van der Waals surface area contributed by atoms with Gasteiger partial charge in [0.1, 0.15) is 0 Å². The van der Waals surface area contributed by atoms with E-state index in [1.54, 1.807) is 0 Å². The topological polar surface area (TPSA) is 26.0 Å². The molecular formula is C39H29N. The van der Waals surface area contributed by atoms with Crippen LogP contribution in [0.25, 0.3) is 54.9 Å². The second-order valence-electron chi connectivity index (χ2n) is 10.4. The number of hydrogen-bond donors (Lipinski definition) is 1. The molecule has 0 saturated carbocycles. The van der Waals surface area contributed by atoms with Crippen LogP contribution >= 0.6 is 0 Å². The Labute approximate surface area is 235 Å². The smallest absolute Gasteiger partial charge is 0.0473 e. The van der Waals surface area contributed by atoms with Crippen molar-refractivity contribution in [3.63, 3.8) is 0 Å². The molecule has 0 aliphatic heterocycles. The van der Waals surface area contributed by atoms with Gasteiger partial charge < -0.3 is 5.73 Å². The lowest BCUT2D eigenvalue weighted by molar-refractivity contribution is 1.20. The Morgan fingerprint density at radius 2 is 0.975 bits per heavy atom. The average Bonchev–Trinajstić information content (AvgIpc) is 3.01. The van der Waals surface area contributed by atoms with E-state index in [4.69, 9.17) is 5.73 Å². The van der Waals surface area contributed by atoms with Crippen molar-refractivity contribution in [1.82, 2.24) is 0 Å². The summed E-state index contributed by atoms with van der Waals surface area (Å²) in [5.74, 6) is 0. The zero-order chi connectivity index (χ0) is 26.9. The Kier molecular flexibility index (Phi) is 6.11. The van der Waals surface area contributed by atoms with E-state index in [0.29, 0.717) is 0 Å². The van der Waals surface area contributed by atoms with Crippen molar-refractivity contribution >= 4 is 27.2 Å². The summed E-state index contributed by atoms with van der Waals surface area (Å²) in [4.78, 5) is 0. The van der Waals surface area contributed by atoms with E-state index < -0.39 is 0 Å². The van der Waals surface area contributed by atoms with Gasteiger partial charge in [0, 0.05) is 16.8 Å². The van der Waals surface area contributed by atoms with E-state index >= 15 is 0 Å². The van der Waals surface area contributed by atoms with Crippen molar-refractivity contribution < 1.29 is 0 Å². The van der Waals surface area contributed by atoms with Gasteiger partial charge in [-0.2, -0.15) is 0 Å². The lowest BCUT2D eigenvalue weighted by Gasteiger charge is -2.16. The predicted octanol–water partition coefficient (Wildman–Crippen LogP) is 10.2. The summed E-state index contributed by atoms with van der Waals surface area (Å²) in [6, 6.07) is 54.1. The Hall–Kier alpha value is -5.14. The molecule has 1 nitrogen and oxygen atoms in total. The minimum absolute atomic E-state index is 0.817. The highest BCUT2D eigenvalue weighted by atomic mass is 14.6. The molecule has 0 radical (unpaired) electrons. The molecule has 0 spiro atoms. The van der Waals surface area contributed by atoms with Crippen LogP contribution < -0.4 is 5.73 Å². The predicted molar refractivity (Wildman–Crippen MR) is 171 cm³/mol. The first-order valence-electron chi connectivity index (χ1n) is 13.8. The standard InChI is InChI=1S/C39H29N/c40-39-37(35-22-19-29-11-4-5-12-30(29)26-35)15-8-16-38(39)36-14-7-6-13-34(36)24-27-17-18-33-25-32(21-20-31(33)23-27)28-9-2-1-3-10-28/h1-23,25-26H,24,40H2. The maximum absolute atomic E-state index is 6.89. The molecule has 7 aromatic carbocycles. The Bertz CT molecular complexity index is 1980. The molecule has 0 bridgehead atoms. The van der Waals surface area contributed by atoms with Gasteiger partial charge in [0.05, 0.1) is 0 Å². The molecule has 0 unspecified atom stereocenters. The molecule has 0 aliphatic carbocycles. The molecule has 0 aliphatic rings. The third-order valence-corrected chi connectivity index (χ3v) is 7.88. The number of anilines is 1. The van der Waals surface area contributed by atoms with Gasteiger partial charge >= 0.3 is 0 Å². The summed E-state index contributed by atoms with van der Waals surface area (Å²) < 4.78 is 0. The van der Waals surface area contributed by atoms with Crippen LogP contribution in [0.15, 0.2) is 152 Å². The highest BCUT2D eigenvalue weighted by molar-refractivity contribution is 5.94. The Morgan fingerprint density at radius 1 is 0.375 bits per heavy atom. The molecule has 0 heterocycles. The molecule has 0 aromatic heterocycles. The minimum Gasteiger partial charge on any atom is -0.398 e. The normalized spacial score (nSPS) is 11.2. The zero-order valence-corrected chi connectivity index (χ0v) is 22.2. The quantitative estimate of drug-likeness (QED) is 0.229. The number of para-hydroxylation sites is 1. The van der Waals surface area contributed by atoms with Gasteiger partial charge in [0.15, 0.2) is 0 Å². The van der Waals surface area contributed by atoms with Crippen molar-refractivity contribution in [2.24, 2.45) is 0 Å². The van der Waals surface area contributed by atoms with Crippen LogP contribution in [0.5, 0.6) is 0 Å². The van der Waals surface area contributed by atoms with Gasteiger partial charge in [-0.3, -0.25) is 0 Å². The van der Waals surface area contributed by atoms with E-state index in [0.717, 1.165) is 28.8 Å². The van der Waals surface area contributed by atoms with E-state index in [1.165, 1.54) is 49.4 Å². The summed E-state index contributed by atoms with van der Waals surface area (Å²) in [6.45, 7) is 0. The first-order chi connectivity index (χ1) is 19.7. The maximum Gasteiger partial charge on any atom is 0.0473 e. The van der Waals surface area contributed by atoms with Crippen LogP contribution in [0.2, 0.25) is 0 Å². The molecule has 0 saturated heterocycles. The number of nitrogens with two attached hydrogens (primary N) is 1. The molecule has 0 fully saturated rings. The van der Waals surface area contributed by atoms with Gasteiger partial charge in [-0.15, -0.1) is 0 Å². The first kappa shape index (κ1) is 23.9. The molecule has 1 heteroatoms. The molecule has 7 rings (SSSR count). The van der Waals surface area contributed by atoms with Crippen molar-refractivity contribution in [1.29, 1.82) is 0 Å². The van der Waals surface area contributed by atoms with Crippen LogP contribution in [0.3, 0.4) is 0 Å². The molecule has 0 atom stereocenters. The van der Waals surface area contributed by atoms with Crippen molar-refractivity contribution in [3.8, 4) is 33.4 Å². The Balaban J connectivity index is 1.23. The number of rotatable bonds is 5. The molecule has 2 N–H and O–H groups in total. The Morgan fingerprint density at radius 3 is 1.88 bits per heavy atom. The SMILES string of the molecule is Nc1c(-c2ccc3ccccc3c2)cccc1-c1ccccc1Cc1ccc2cc(-c3ccccc3)ccc2c1. The summed E-state index contributed by atoms with van der Waals surface area (Å²) in [7, 11) is 0. The van der Waals surface area contributed by atoms with Crippen LogP contribution in [-0.2, 0) is 6.42 Å².